The molecule has 2 rings (SSSR count). The number of carbonyl (C=O) groups is 2. The molecule has 2 heterocycles. The van der Waals surface area contributed by atoms with E-state index in [1.54, 1.807) is 10.9 Å². The molecule has 1 amide bonds. The van der Waals surface area contributed by atoms with E-state index < -0.39 is 11.9 Å². The van der Waals surface area contributed by atoms with E-state index in [4.69, 9.17) is 5.11 Å². The molecule has 94 valence electrons. The van der Waals surface area contributed by atoms with Crippen LogP contribution in [0.4, 0.5) is 0 Å². The number of hydrogen-bond donors (Lipinski definition) is 2. The molecule has 9 heteroatoms. The number of nitrogens with zero attached hydrogens (tertiary/aromatic N) is 4. The zero-order valence-corrected chi connectivity index (χ0v) is 9.11. The summed E-state index contributed by atoms with van der Waals surface area (Å²) >= 11 is 0. The first kappa shape index (κ1) is 11.8. The molecule has 18 heavy (non-hydrogen) atoms. The molecule has 0 atom stereocenters. The lowest BCUT2D eigenvalue weighted by molar-refractivity contribution is 0.0651. The van der Waals surface area contributed by atoms with Crippen LogP contribution < -0.4 is 5.32 Å². The van der Waals surface area contributed by atoms with Crippen molar-refractivity contribution in [1.82, 2.24) is 25.5 Å². The summed E-state index contributed by atoms with van der Waals surface area (Å²) in [5.41, 5.74) is -0.0778. The molecular weight excluding hydrogens is 242 g/mol. The number of rotatable bonds is 5. The first-order valence-corrected chi connectivity index (χ1v) is 4.99. The highest BCUT2D eigenvalue weighted by atomic mass is 16.5. The maximum atomic E-state index is 11.5. The predicted octanol–water partition coefficient (Wildman–Crippen LogP) is -0.606. The van der Waals surface area contributed by atoms with Crippen LogP contribution in [-0.2, 0) is 6.54 Å². The van der Waals surface area contributed by atoms with Crippen LogP contribution in [0.3, 0.4) is 0 Å². The van der Waals surface area contributed by atoms with E-state index in [-0.39, 0.29) is 11.5 Å². The van der Waals surface area contributed by atoms with Crippen molar-refractivity contribution in [3.8, 4) is 0 Å². The number of hydrogen-bond acceptors (Lipinski definition) is 6. The van der Waals surface area contributed by atoms with E-state index in [9.17, 15) is 9.59 Å². The van der Waals surface area contributed by atoms with Crippen molar-refractivity contribution in [2.24, 2.45) is 0 Å². The Labute approximate surface area is 100 Å². The van der Waals surface area contributed by atoms with Gasteiger partial charge in [0.15, 0.2) is 5.69 Å². The molecule has 0 aromatic carbocycles. The Hall–Kier alpha value is -2.71. The molecule has 0 aliphatic carbocycles. The van der Waals surface area contributed by atoms with E-state index in [0.717, 1.165) is 6.07 Å². The minimum atomic E-state index is -1.27. The summed E-state index contributed by atoms with van der Waals surface area (Å²) in [6.45, 7) is 0.771. The molecule has 0 saturated carbocycles. The molecule has 2 N–H and O–H groups in total. The van der Waals surface area contributed by atoms with Crippen LogP contribution in [0.2, 0.25) is 0 Å². The zero-order valence-electron chi connectivity index (χ0n) is 9.11. The lowest BCUT2D eigenvalue weighted by Crippen LogP contribution is -2.27. The number of carboxylic acids is 1. The Morgan fingerprint density at radius 1 is 1.50 bits per heavy atom. The first-order chi connectivity index (χ1) is 8.66. The summed E-state index contributed by atoms with van der Waals surface area (Å²) in [5, 5.41) is 21.8. The molecule has 0 bridgehead atoms. The summed E-state index contributed by atoms with van der Waals surface area (Å²) in [5.74, 6) is -2.16. The Morgan fingerprint density at radius 3 is 2.94 bits per heavy atom. The fourth-order valence-corrected chi connectivity index (χ4v) is 1.21. The van der Waals surface area contributed by atoms with Gasteiger partial charge in [-0.05, 0) is 0 Å². The van der Waals surface area contributed by atoms with Gasteiger partial charge in [0, 0.05) is 18.8 Å². The fraction of sp³-hybridized carbons (Fsp3) is 0.222. The molecule has 0 unspecified atom stereocenters. The monoisotopic (exact) mass is 251 g/mol. The fourth-order valence-electron chi connectivity index (χ4n) is 1.21. The van der Waals surface area contributed by atoms with Gasteiger partial charge in [0.05, 0.1) is 12.7 Å². The van der Waals surface area contributed by atoms with Crippen LogP contribution in [0.15, 0.2) is 23.0 Å². The SMILES string of the molecule is O=C(NCCn1ccnn1)c1cc(C(=O)O)on1. The van der Waals surface area contributed by atoms with Crippen molar-refractivity contribution in [2.75, 3.05) is 6.54 Å². The average Bonchev–Trinajstić information content (AvgIpc) is 2.99. The van der Waals surface area contributed by atoms with Crippen molar-refractivity contribution in [3.63, 3.8) is 0 Å². The van der Waals surface area contributed by atoms with Gasteiger partial charge >= 0.3 is 5.97 Å². The predicted molar refractivity (Wildman–Crippen MR) is 55.8 cm³/mol. The van der Waals surface area contributed by atoms with E-state index in [2.05, 4.69) is 25.3 Å². The van der Waals surface area contributed by atoms with Gasteiger partial charge in [-0.25, -0.2) is 4.79 Å². The largest absolute Gasteiger partial charge is 0.475 e. The lowest BCUT2D eigenvalue weighted by atomic mass is 10.3. The van der Waals surface area contributed by atoms with Crippen LogP contribution in [0.1, 0.15) is 21.0 Å². The number of amides is 1. The quantitative estimate of drug-likeness (QED) is 0.726. The molecule has 0 aliphatic heterocycles. The molecule has 9 nitrogen and oxygen atoms in total. The summed E-state index contributed by atoms with van der Waals surface area (Å²) in [4.78, 5) is 22.1. The van der Waals surface area contributed by atoms with Crippen molar-refractivity contribution in [3.05, 3.63) is 29.9 Å². The van der Waals surface area contributed by atoms with E-state index >= 15 is 0 Å². The minimum absolute atomic E-state index is 0.0778. The summed E-state index contributed by atoms with van der Waals surface area (Å²) in [6.07, 6.45) is 3.18. The lowest BCUT2D eigenvalue weighted by Gasteiger charge is -2.01. The number of carbonyl (C=O) groups excluding carboxylic acids is 1. The third-order valence-corrected chi connectivity index (χ3v) is 2.05. The highest BCUT2D eigenvalue weighted by molar-refractivity contribution is 5.94. The maximum Gasteiger partial charge on any atom is 0.374 e. The third-order valence-electron chi connectivity index (χ3n) is 2.05. The summed E-state index contributed by atoms with van der Waals surface area (Å²) in [6, 6.07) is 1.06. The Kier molecular flexibility index (Phi) is 3.32. The molecule has 0 aliphatic rings. The van der Waals surface area contributed by atoms with Crippen LogP contribution >= 0.6 is 0 Å². The Morgan fingerprint density at radius 2 is 2.33 bits per heavy atom. The second kappa shape index (κ2) is 5.08. The topological polar surface area (TPSA) is 123 Å². The van der Waals surface area contributed by atoms with Crippen LogP contribution in [0.25, 0.3) is 0 Å². The Balaban J connectivity index is 1.85. The Bertz CT molecular complexity index is 547. The van der Waals surface area contributed by atoms with E-state index in [1.165, 1.54) is 6.20 Å². The van der Waals surface area contributed by atoms with Gasteiger partial charge in [-0.3, -0.25) is 9.48 Å². The molecule has 0 saturated heterocycles. The van der Waals surface area contributed by atoms with Gasteiger partial charge in [0.1, 0.15) is 0 Å². The van der Waals surface area contributed by atoms with Crippen LogP contribution in [0, 0.1) is 0 Å². The molecule has 2 aromatic heterocycles. The van der Waals surface area contributed by atoms with Gasteiger partial charge in [-0.2, -0.15) is 0 Å². The van der Waals surface area contributed by atoms with Gasteiger partial charge in [-0.15, -0.1) is 5.10 Å². The molecule has 2 aromatic rings. The number of carboxylic acid groups (broad SMARTS) is 1. The van der Waals surface area contributed by atoms with Crippen molar-refractivity contribution < 1.29 is 19.2 Å². The highest BCUT2D eigenvalue weighted by Crippen LogP contribution is 2.02. The molecule has 0 spiro atoms. The maximum absolute atomic E-state index is 11.5. The average molecular weight is 251 g/mol. The number of aromatic nitrogens is 4. The minimum Gasteiger partial charge on any atom is -0.475 e. The van der Waals surface area contributed by atoms with E-state index in [0.29, 0.717) is 13.1 Å². The van der Waals surface area contributed by atoms with Gasteiger partial charge in [0.25, 0.3) is 5.91 Å². The number of aromatic carboxylic acids is 1. The highest BCUT2D eigenvalue weighted by Gasteiger charge is 2.15. The summed E-state index contributed by atoms with van der Waals surface area (Å²) in [7, 11) is 0. The second-order valence-corrected chi connectivity index (χ2v) is 3.30. The van der Waals surface area contributed by atoms with Gasteiger partial charge in [-0.1, -0.05) is 10.4 Å². The standard InChI is InChI=1S/C9H9N5O4/c15-8(6-5-7(9(16)17)18-12-6)10-1-3-14-4-2-11-13-14/h2,4-5H,1,3H2,(H,10,15)(H,16,17). The van der Waals surface area contributed by atoms with Gasteiger partial charge in [0.2, 0.25) is 5.76 Å². The van der Waals surface area contributed by atoms with Crippen molar-refractivity contribution >= 4 is 11.9 Å². The van der Waals surface area contributed by atoms with Crippen LogP contribution in [0.5, 0.6) is 0 Å². The van der Waals surface area contributed by atoms with Crippen LogP contribution in [-0.4, -0.2) is 43.7 Å². The normalized spacial score (nSPS) is 10.2. The molecule has 0 radical (unpaired) electrons. The second-order valence-electron chi connectivity index (χ2n) is 3.30. The first-order valence-electron chi connectivity index (χ1n) is 4.99. The zero-order chi connectivity index (χ0) is 13.0. The molecule has 0 fully saturated rings. The van der Waals surface area contributed by atoms with Crippen molar-refractivity contribution in [2.45, 2.75) is 6.54 Å². The molecular formula is C9H9N5O4. The number of nitrogens with one attached hydrogen (secondary N) is 1. The van der Waals surface area contributed by atoms with Gasteiger partial charge < -0.3 is 14.9 Å². The third kappa shape index (κ3) is 2.70. The van der Waals surface area contributed by atoms with E-state index in [1.807, 2.05) is 0 Å². The summed E-state index contributed by atoms with van der Waals surface area (Å²) < 4.78 is 6.01. The smallest absolute Gasteiger partial charge is 0.374 e. The van der Waals surface area contributed by atoms with Crippen molar-refractivity contribution in [1.29, 1.82) is 0 Å².